The molecule has 0 aromatic heterocycles. The van der Waals surface area contributed by atoms with Gasteiger partial charge in [-0.2, -0.15) is 0 Å². The molecular formula is C13H16INO. The van der Waals surface area contributed by atoms with Crippen LogP contribution in [0.15, 0.2) is 18.2 Å². The Morgan fingerprint density at radius 1 is 1.25 bits per heavy atom. The van der Waals surface area contributed by atoms with Gasteiger partial charge in [0.15, 0.2) is 0 Å². The first-order valence-corrected chi connectivity index (χ1v) is 6.82. The third-order valence-electron chi connectivity index (χ3n) is 3.08. The molecule has 0 atom stereocenters. The Morgan fingerprint density at radius 3 is 2.56 bits per heavy atom. The van der Waals surface area contributed by atoms with Crippen LogP contribution in [0.3, 0.4) is 0 Å². The largest absolute Gasteiger partial charge is 0.339 e. The van der Waals surface area contributed by atoms with E-state index in [-0.39, 0.29) is 5.91 Å². The van der Waals surface area contributed by atoms with Crippen molar-refractivity contribution in [1.29, 1.82) is 0 Å². The van der Waals surface area contributed by atoms with Crippen LogP contribution in [0.25, 0.3) is 0 Å². The number of rotatable bonds is 1. The van der Waals surface area contributed by atoms with Crippen molar-refractivity contribution in [1.82, 2.24) is 4.90 Å². The summed E-state index contributed by atoms with van der Waals surface area (Å²) in [6.07, 6.45) is 3.55. The van der Waals surface area contributed by atoms with Crippen LogP contribution < -0.4 is 0 Å². The number of piperidine rings is 1. The fraction of sp³-hybridized carbons (Fsp3) is 0.462. The third-order valence-corrected chi connectivity index (χ3v) is 3.98. The number of hydrogen-bond acceptors (Lipinski definition) is 1. The molecule has 0 unspecified atom stereocenters. The molecule has 1 aliphatic rings. The second-order valence-corrected chi connectivity index (χ2v) is 5.45. The number of halogens is 1. The minimum atomic E-state index is 0.210. The van der Waals surface area contributed by atoms with Gasteiger partial charge in [0.25, 0.3) is 5.91 Å². The van der Waals surface area contributed by atoms with Crippen molar-refractivity contribution in [3.05, 3.63) is 32.9 Å². The minimum absolute atomic E-state index is 0.210. The second kappa shape index (κ2) is 5.17. The highest BCUT2D eigenvalue weighted by atomic mass is 127. The van der Waals surface area contributed by atoms with Gasteiger partial charge in [-0.15, -0.1) is 0 Å². The van der Waals surface area contributed by atoms with E-state index in [2.05, 4.69) is 22.6 Å². The maximum absolute atomic E-state index is 12.4. The van der Waals surface area contributed by atoms with Gasteiger partial charge in [-0.25, -0.2) is 0 Å². The van der Waals surface area contributed by atoms with Gasteiger partial charge < -0.3 is 4.90 Å². The van der Waals surface area contributed by atoms with Crippen molar-refractivity contribution >= 4 is 28.5 Å². The molecule has 2 nitrogen and oxygen atoms in total. The first kappa shape index (κ1) is 11.9. The third kappa shape index (κ3) is 2.39. The summed E-state index contributed by atoms with van der Waals surface area (Å²) in [6.45, 7) is 3.85. The smallest absolute Gasteiger partial charge is 0.255 e. The molecule has 1 aromatic rings. The van der Waals surface area contributed by atoms with Crippen LogP contribution in [0, 0.1) is 10.5 Å². The van der Waals surface area contributed by atoms with Crippen molar-refractivity contribution in [3.63, 3.8) is 0 Å². The van der Waals surface area contributed by atoms with Gasteiger partial charge in [0.05, 0.1) is 5.56 Å². The average Bonchev–Trinajstić information content (AvgIpc) is 2.30. The highest BCUT2D eigenvalue weighted by Crippen LogP contribution is 2.20. The molecule has 16 heavy (non-hydrogen) atoms. The summed E-state index contributed by atoms with van der Waals surface area (Å²) in [5.74, 6) is 0.210. The molecular weight excluding hydrogens is 313 g/mol. The molecule has 86 valence electrons. The Bertz CT molecular complexity index is 377. The van der Waals surface area contributed by atoms with E-state index >= 15 is 0 Å². The fourth-order valence-electron chi connectivity index (χ4n) is 2.16. The van der Waals surface area contributed by atoms with E-state index in [4.69, 9.17) is 0 Å². The lowest BCUT2D eigenvalue weighted by Gasteiger charge is -2.27. The SMILES string of the molecule is Cc1cccc(I)c1C(=O)N1CCCCC1. The lowest BCUT2D eigenvalue weighted by atomic mass is 10.1. The van der Waals surface area contributed by atoms with Gasteiger partial charge in [0.1, 0.15) is 0 Å². The van der Waals surface area contributed by atoms with E-state index in [1.54, 1.807) is 0 Å². The van der Waals surface area contributed by atoms with E-state index < -0.39 is 0 Å². The first-order valence-electron chi connectivity index (χ1n) is 5.74. The van der Waals surface area contributed by atoms with E-state index in [0.717, 1.165) is 40.6 Å². The predicted octanol–water partition coefficient (Wildman–Crippen LogP) is 3.23. The van der Waals surface area contributed by atoms with Crippen molar-refractivity contribution < 1.29 is 4.79 Å². The van der Waals surface area contributed by atoms with Crippen molar-refractivity contribution in [2.75, 3.05) is 13.1 Å². The Balaban J connectivity index is 2.26. The molecule has 3 heteroatoms. The monoisotopic (exact) mass is 329 g/mol. The summed E-state index contributed by atoms with van der Waals surface area (Å²) in [4.78, 5) is 14.4. The van der Waals surface area contributed by atoms with Crippen molar-refractivity contribution in [3.8, 4) is 0 Å². The molecule has 1 saturated heterocycles. The van der Waals surface area contributed by atoms with Gasteiger partial charge in [0, 0.05) is 16.7 Å². The summed E-state index contributed by atoms with van der Waals surface area (Å²) >= 11 is 2.25. The highest BCUT2D eigenvalue weighted by Gasteiger charge is 2.21. The zero-order valence-corrected chi connectivity index (χ0v) is 11.7. The molecule has 0 bridgehead atoms. The molecule has 2 rings (SSSR count). The van der Waals surface area contributed by atoms with Gasteiger partial charge in [0.2, 0.25) is 0 Å². The number of carbonyl (C=O) groups excluding carboxylic acids is 1. The number of nitrogens with zero attached hydrogens (tertiary/aromatic N) is 1. The summed E-state index contributed by atoms with van der Waals surface area (Å²) < 4.78 is 1.06. The van der Waals surface area contributed by atoms with Crippen molar-refractivity contribution in [2.45, 2.75) is 26.2 Å². The average molecular weight is 329 g/mol. The molecule has 0 spiro atoms. The standard InChI is InChI=1S/C13H16INO/c1-10-6-5-7-11(14)12(10)13(16)15-8-3-2-4-9-15/h5-7H,2-4,8-9H2,1H3. The summed E-state index contributed by atoms with van der Waals surface area (Å²) in [5, 5.41) is 0. The van der Waals surface area contributed by atoms with Crippen LogP contribution in [0.1, 0.15) is 35.2 Å². The lowest BCUT2D eigenvalue weighted by molar-refractivity contribution is 0.0722. The molecule has 1 fully saturated rings. The van der Waals surface area contributed by atoms with Crippen LogP contribution >= 0.6 is 22.6 Å². The summed E-state index contributed by atoms with van der Waals surface area (Å²) in [7, 11) is 0. The molecule has 0 aliphatic carbocycles. The number of amides is 1. The van der Waals surface area contributed by atoms with E-state index in [1.807, 2.05) is 30.0 Å². The Hall–Kier alpha value is -0.580. The molecule has 1 heterocycles. The Labute approximate surface area is 110 Å². The summed E-state index contributed by atoms with van der Waals surface area (Å²) in [6, 6.07) is 6.02. The van der Waals surface area contributed by atoms with Crippen LogP contribution in [-0.2, 0) is 0 Å². The van der Waals surface area contributed by atoms with E-state index in [9.17, 15) is 4.79 Å². The van der Waals surface area contributed by atoms with Gasteiger partial charge in [-0.1, -0.05) is 12.1 Å². The molecule has 1 aromatic carbocycles. The maximum atomic E-state index is 12.4. The number of benzene rings is 1. The zero-order chi connectivity index (χ0) is 11.5. The van der Waals surface area contributed by atoms with Crippen molar-refractivity contribution in [2.24, 2.45) is 0 Å². The molecule has 0 N–H and O–H groups in total. The predicted molar refractivity (Wildman–Crippen MR) is 73.7 cm³/mol. The minimum Gasteiger partial charge on any atom is -0.339 e. The van der Waals surface area contributed by atoms with Crippen LogP contribution in [-0.4, -0.2) is 23.9 Å². The summed E-state index contributed by atoms with van der Waals surface area (Å²) in [5.41, 5.74) is 1.98. The number of aryl methyl sites for hydroxylation is 1. The lowest BCUT2D eigenvalue weighted by Crippen LogP contribution is -2.36. The second-order valence-electron chi connectivity index (χ2n) is 4.28. The molecule has 1 amide bonds. The maximum Gasteiger partial charge on any atom is 0.255 e. The number of likely N-dealkylation sites (tertiary alicyclic amines) is 1. The Morgan fingerprint density at radius 2 is 1.94 bits per heavy atom. The fourth-order valence-corrected chi connectivity index (χ4v) is 3.02. The highest BCUT2D eigenvalue weighted by molar-refractivity contribution is 14.1. The molecule has 1 aliphatic heterocycles. The molecule has 0 saturated carbocycles. The molecule has 0 radical (unpaired) electrons. The van der Waals surface area contributed by atoms with Gasteiger partial charge in [-0.3, -0.25) is 4.79 Å². The van der Waals surface area contributed by atoms with Gasteiger partial charge in [-0.05, 0) is 60.4 Å². The van der Waals surface area contributed by atoms with Crippen LogP contribution in [0.5, 0.6) is 0 Å². The van der Waals surface area contributed by atoms with Crippen LogP contribution in [0.4, 0.5) is 0 Å². The topological polar surface area (TPSA) is 20.3 Å². The Kier molecular flexibility index (Phi) is 3.84. The number of carbonyl (C=O) groups is 1. The van der Waals surface area contributed by atoms with E-state index in [1.165, 1.54) is 6.42 Å². The van der Waals surface area contributed by atoms with Gasteiger partial charge >= 0.3 is 0 Å². The van der Waals surface area contributed by atoms with E-state index in [0.29, 0.717) is 0 Å². The quantitative estimate of drug-likeness (QED) is 0.725. The number of hydrogen-bond donors (Lipinski definition) is 0. The normalized spacial score (nSPS) is 16.2. The zero-order valence-electron chi connectivity index (χ0n) is 9.50. The first-order chi connectivity index (χ1) is 7.70. The van der Waals surface area contributed by atoms with Crippen LogP contribution in [0.2, 0.25) is 0 Å².